The van der Waals surface area contributed by atoms with Crippen LogP contribution in [-0.4, -0.2) is 61.1 Å². The van der Waals surface area contributed by atoms with Crippen LogP contribution in [-0.2, 0) is 30.5 Å². The standard InChI is InChI=1S/C45H50N2O6S/c1-6-46-37-27-25-32-18-14-15-19-33(32)43(37)45(4,29-31-53-5)40(46)23-12-9-7-8-11-22-39-44(2,3)42-35-20-17-21-38(54(50,51)52)34(35)26-28-36(42)47(39)30-16-10-13-24-41(48)49/h7-9,11-12,14-15,17-23,25-28H,6,10,13,16,24,29-31H2,1-5H3,(H-,48,49,50,51,52)/p+1. The Hall–Kier alpha value is -4.83. The van der Waals surface area contributed by atoms with Crippen LogP contribution in [0.4, 0.5) is 11.4 Å². The number of benzene rings is 4. The zero-order valence-corrected chi connectivity index (χ0v) is 32.7. The van der Waals surface area contributed by atoms with Crippen molar-refractivity contribution in [2.75, 3.05) is 31.7 Å². The van der Waals surface area contributed by atoms with Crippen molar-refractivity contribution in [2.45, 2.75) is 75.5 Å². The van der Waals surface area contributed by atoms with Crippen LogP contribution in [0.25, 0.3) is 21.5 Å². The van der Waals surface area contributed by atoms with Gasteiger partial charge in [-0.15, -0.1) is 0 Å². The number of carbonyl (C=O) groups is 1. The number of hydrogen-bond donors (Lipinski definition) is 2. The van der Waals surface area contributed by atoms with Crippen LogP contribution in [0.2, 0.25) is 0 Å². The minimum Gasteiger partial charge on any atom is -0.481 e. The summed E-state index contributed by atoms with van der Waals surface area (Å²) in [6.07, 6.45) is 17.7. The fourth-order valence-electron chi connectivity index (χ4n) is 8.56. The molecule has 0 amide bonds. The van der Waals surface area contributed by atoms with Crippen molar-refractivity contribution < 1.29 is 32.2 Å². The van der Waals surface area contributed by atoms with E-state index in [1.165, 1.54) is 33.8 Å². The summed E-state index contributed by atoms with van der Waals surface area (Å²) in [7, 11) is -2.66. The van der Waals surface area contributed by atoms with Gasteiger partial charge in [0, 0.05) is 66.6 Å². The average molecular weight is 748 g/mol. The van der Waals surface area contributed by atoms with Gasteiger partial charge in [-0.25, -0.2) is 0 Å². The Balaban J connectivity index is 1.29. The van der Waals surface area contributed by atoms with Gasteiger partial charge in [0.1, 0.15) is 11.4 Å². The van der Waals surface area contributed by atoms with Crippen molar-refractivity contribution in [3.05, 3.63) is 126 Å². The normalized spacial score (nSPS) is 19.1. The molecule has 2 heterocycles. The molecule has 0 fully saturated rings. The molecule has 1 unspecified atom stereocenters. The Morgan fingerprint density at radius 3 is 2.33 bits per heavy atom. The van der Waals surface area contributed by atoms with Crippen molar-refractivity contribution >= 4 is 54.7 Å². The molecular formula is C45H51N2O6S+. The predicted octanol–water partition coefficient (Wildman–Crippen LogP) is 9.65. The monoisotopic (exact) mass is 747 g/mol. The van der Waals surface area contributed by atoms with Crippen LogP contribution in [0.15, 0.2) is 120 Å². The molecule has 0 spiro atoms. The second-order valence-corrected chi connectivity index (χ2v) is 16.2. The van der Waals surface area contributed by atoms with E-state index in [2.05, 4.69) is 91.8 Å². The molecule has 8 nitrogen and oxygen atoms in total. The SMILES string of the molecule is CC[N+]1=C(/C=C/C=C/C=C/C=C2/N(CCCCCC(=O)O)c3ccc4c(S(=O)(=O)O)cccc4c3C2(C)C)C(C)(CCOC)c2c1ccc1ccccc21. The number of rotatable bonds is 15. The molecule has 4 aromatic rings. The Bertz CT molecular complexity index is 2350. The van der Waals surface area contributed by atoms with Gasteiger partial charge in [-0.2, -0.15) is 13.0 Å². The maximum atomic E-state index is 12.3. The predicted molar refractivity (Wildman–Crippen MR) is 219 cm³/mol. The van der Waals surface area contributed by atoms with E-state index < -0.39 is 21.5 Å². The third-order valence-electron chi connectivity index (χ3n) is 11.1. The fourth-order valence-corrected chi connectivity index (χ4v) is 9.27. The minimum absolute atomic E-state index is 0.108. The zero-order chi connectivity index (χ0) is 38.7. The Morgan fingerprint density at radius 2 is 1.59 bits per heavy atom. The number of allylic oxidation sites excluding steroid dienone is 8. The van der Waals surface area contributed by atoms with Crippen LogP contribution in [0.5, 0.6) is 0 Å². The van der Waals surface area contributed by atoms with E-state index in [9.17, 15) is 17.8 Å². The summed E-state index contributed by atoms with van der Waals surface area (Å²) in [5.41, 5.74) is 6.17. The Labute approximate surface area is 319 Å². The molecule has 1 atom stereocenters. The summed E-state index contributed by atoms with van der Waals surface area (Å²) < 4.78 is 42.6. The van der Waals surface area contributed by atoms with Crippen molar-refractivity contribution in [1.82, 2.24) is 0 Å². The first kappa shape index (κ1) is 38.9. The van der Waals surface area contributed by atoms with Gasteiger partial charge in [-0.05, 0) is 79.1 Å². The summed E-state index contributed by atoms with van der Waals surface area (Å²) in [6, 6.07) is 21.8. The van der Waals surface area contributed by atoms with Gasteiger partial charge >= 0.3 is 5.97 Å². The summed E-state index contributed by atoms with van der Waals surface area (Å²) >= 11 is 0. The molecule has 9 heteroatoms. The molecule has 6 rings (SSSR count). The fraction of sp³-hybridized carbons (Fsp3) is 0.333. The van der Waals surface area contributed by atoms with Crippen LogP contribution >= 0.6 is 0 Å². The van der Waals surface area contributed by atoms with Crippen molar-refractivity contribution in [2.24, 2.45) is 0 Å². The largest absolute Gasteiger partial charge is 0.481 e. The number of unbranched alkanes of at least 4 members (excludes halogenated alkanes) is 2. The van der Waals surface area contributed by atoms with E-state index in [4.69, 9.17) is 9.84 Å². The zero-order valence-electron chi connectivity index (χ0n) is 31.9. The summed E-state index contributed by atoms with van der Waals surface area (Å²) in [4.78, 5) is 13.3. The molecule has 0 aliphatic carbocycles. The quantitative estimate of drug-likeness (QED) is 0.0540. The third-order valence-corrected chi connectivity index (χ3v) is 12.0. The summed E-state index contributed by atoms with van der Waals surface area (Å²) in [5.74, 6) is -0.791. The molecular weight excluding hydrogens is 697 g/mol. The summed E-state index contributed by atoms with van der Waals surface area (Å²) in [5, 5.41) is 12.9. The lowest BCUT2D eigenvalue weighted by molar-refractivity contribution is -0.433. The molecule has 282 valence electrons. The lowest BCUT2D eigenvalue weighted by Gasteiger charge is -2.27. The first-order chi connectivity index (χ1) is 25.8. The number of carboxylic acid groups (broad SMARTS) is 1. The molecule has 0 saturated carbocycles. The van der Waals surface area contributed by atoms with E-state index in [0.29, 0.717) is 25.0 Å². The smallest absolute Gasteiger partial charge is 0.303 e. The van der Waals surface area contributed by atoms with Crippen molar-refractivity contribution in [3.63, 3.8) is 0 Å². The van der Waals surface area contributed by atoms with Gasteiger partial charge in [0.25, 0.3) is 10.1 Å². The molecule has 0 bridgehead atoms. The van der Waals surface area contributed by atoms with Gasteiger partial charge in [0.2, 0.25) is 5.69 Å². The van der Waals surface area contributed by atoms with Crippen LogP contribution in [0.1, 0.15) is 70.9 Å². The number of hydrogen-bond acceptors (Lipinski definition) is 5. The highest BCUT2D eigenvalue weighted by Gasteiger charge is 2.48. The van der Waals surface area contributed by atoms with E-state index in [-0.39, 0.29) is 16.7 Å². The highest BCUT2D eigenvalue weighted by Crippen LogP contribution is 2.51. The number of fused-ring (bicyclic) bond motifs is 6. The number of ether oxygens (including phenoxy) is 1. The van der Waals surface area contributed by atoms with Crippen LogP contribution in [0, 0.1) is 0 Å². The highest BCUT2D eigenvalue weighted by atomic mass is 32.2. The highest BCUT2D eigenvalue weighted by molar-refractivity contribution is 7.86. The van der Waals surface area contributed by atoms with Crippen molar-refractivity contribution in [1.29, 1.82) is 0 Å². The first-order valence-electron chi connectivity index (χ1n) is 18.8. The maximum absolute atomic E-state index is 12.3. The van der Waals surface area contributed by atoms with Gasteiger partial charge < -0.3 is 14.7 Å². The second-order valence-electron chi connectivity index (χ2n) is 14.8. The van der Waals surface area contributed by atoms with E-state index in [1.54, 1.807) is 19.2 Å². The number of anilines is 1. The minimum atomic E-state index is -4.42. The number of nitrogens with zero attached hydrogens (tertiary/aromatic N) is 2. The molecule has 4 aromatic carbocycles. The van der Waals surface area contributed by atoms with Gasteiger partial charge in [-0.1, -0.05) is 93.1 Å². The number of aliphatic carboxylic acids is 1. The maximum Gasteiger partial charge on any atom is 0.303 e. The van der Waals surface area contributed by atoms with E-state index in [1.807, 2.05) is 36.4 Å². The molecule has 0 radical (unpaired) electrons. The molecule has 0 saturated heterocycles. The lowest BCUT2D eigenvalue weighted by atomic mass is 9.75. The lowest BCUT2D eigenvalue weighted by Crippen LogP contribution is -2.32. The second kappa shape index (κ2) is 15.9. The van der Waals surface area contributed by atoms with Crippen molar-refractivity contribution in [3.8, 4) is 0 Å². The number of carboxylic acids is 1. The van der Waals surface area contributed by atoms with Crippen LogP contribution in [0.3, 0.4) is 0 Å². The topological polar surface area (TPSA) is 107 Å². The van der Waals surface area contributed by atoms with Gasteiger partial charge in [0.05, 0.1) is 5.41 Å². The third kappa shape index (κ3) is 7.32. The first-order valence-corrected chi connectivity index (χ1v) is 20.2. The Kier molecular flexibility index (Phi) is 11.4. The average Bonchev–Trinajstić information content (AvgIpc) is 3.52. The molecule has 54 heavy (non-hydrogen) atoms. The molecule has 0 aromatic heterocycles. The number of methoxy groups -OCH3 is 1. The van der Waals surface area contributed by atoms with E-state index >= 15 is 0 Å². The van der Waals surface area contributed by atoms with Gasteiger partial charge in [0.15, 0.2) is 5.71 Å². The van der Waals surface area contributed by atoms with Gasteiger partial charge in [-0.3, -0.25) is 9.35 Å². The Morgan fingerprint density at radius 1 is 0.852 bits per heavy atom. The molecule has 2 N–H and O–H groups in total. The molecule has 2 aliphatic rings. The van der Waals surface area contributed by atoms with E-state index in [0.717, 1.165) is 48.1 Å². The summed E-state index contributed by atoms with van der Waals surface area (Å²) in [6.45, 7) is 11.0. The molecule has 2 aliphatic heterocycles. The van der Waals surface area contributed by atoms with Crippen LogP contribution < -0.4 is 4.90 Å².